The van der Waals surface area contributed by atoms with Crippen LogP contribution >= 0.6 is 47.3 Å². The predicted octanol–water partition coefficient (Wildman–Crippen LogP) is 3.18. The third-order valence-corrected chi connectivity index (χ3v) is 5.91. The zero-order valence-electron chi connectivity index (χ0n) is 10.4. The number of benzene rings is 1. The van der Waals surface area contributed by atoms with Crippen molar-refractivity contribution in [2.75, 3.05) is 11.4 Å². The molecule has 0 aliphatic carbocycles. The molecule has 1 fully saturated rings. The third-order valence-electron chi connectivity index (χ3n) is 2.97. The second kappa shape index (κ2) is 5.23. The Labute approximate surface area is 135 Å². The highest BCUT2D eigenvalue weighted by Gasteiger charge is 2.37. The van der Waals surface area contributed by atoms with Crippen molar-refractivity contribution in [1.29, 1.82) is 0 Å². The van der Waals surface area contributed by atoms with Gasteiger partial charge < -0.3 is 4.90 Å². The summed E-state index contributed by atoms with van der Waals surface area (Å²) in [7, 11) is 0. The fraction of sp³-hybridized carbons (Fsp3) is 0.167. The van der Waals surface area contributed by atoms with Gasteiger partial charge >= 0.3 is 0 Å². The van der Waals surface area contributed by atoms with E-state index in [1.807, 2.05) is 25.1 Å². The molecule has 20 heavy (non-hydrogen) atoms. The Morgan fingerprint density at radius 1 is 1.40 bits per heavy atom. The summed E-state index contributed by atoms with van der Waals surface area (Å²) in [6.45, 7) is 2.77. The molecule has 0 saturated carbocycles. The number of hydrogen-bond acceptors (Lipinski definition) is 6. The Morgan fingerprint density at radius 3 is 2.75 bits per heavy atom. The summed E-state index contributed by atoms with van der Waals surface area (Å²) in [4.78, 5) is 15.9. The van der Waals surface area contributed by atoms with Crippen molar-refractivity contribution in [2.24, 2.45) is 5.84 Å². The summed E-state index contributed by atoms with van der Waals surface area (Å²) in [6, 6.07) is 5.71. The van der Waals surface area contributed by atoms with E-state index in [1.165, 1.54) is 11.8 Å². The number of carbonyl (C=O) groups is 1. The van der Waals surface area contributed by atoms with Gasteiger partial charge in [-0.15, -0.1) is 0 Å². The molecular formula is C12H10ClN3OS3. The molecule has 0 atom stereocenters. The van der Waals surface area contributed by atoms with Crippen molar-refractivity contribution in [3.63, 3.8) is 0 Å². The van der Waals surface area contributed by atoms with E-state index in [0.717, 1.165) is 27.2 Å². The molecule has 1 amide bonds. The van der Waals surface area contributed by atoms with Crippen LogP contribution in [0.4, 0.5) is 5.69 Å². The summed E-state index contributed by atoms with van der Waals surface area (Å²) in [6.07, 6.45) is 0. The quantitative estimate of drug-likeness (QED) is 0.366. The molecule has 3 rings (SSSR count). The van der Waals surface area contributed by atoms with E-state index >= 15 is 0 Å². The highest BCUT2D eigenvalue weighted by Crippen LogP contribution is 2.50. The van der Waals surface area contributed by atoms with Crippen molar-refractivity contribution >= 4 is 63.3 Å². The molecule has 0 unspecified atom stereocenters. The summed E-state index contributed by atoms with van der Waals surface area (Å²) in [5, 5.41) is 2.57. The summed E-state index contributed by atoms with van der Waals surface area (Å²) < 4.78 is 0.378. The Morgan fingerprint density at radius 2 is 2.15 bits per heavy atom. The molecule has 2 N–H and O–H groups in total. The predicted molar refractivity (Wildman–Crippen MR) is 88.6 cm³/mol. The number of nitrogens with zero attached hydrogens (tertiary/aromatic N) is 2. The molecule has 0 bridgehead atoms. The number of nitrogens with two attached hydrogens (primary N) is 1. The van der Waals surface area contributed by atoms with E-state index in [0.29, 0.717) is 14.2 Å². The number of rotatable bonds is 1. The fourth-order valence-corrected chi connectivity index (χ4v) is 4.67. The number of hydrazine groups is 1. The second-order valence-corrected chi connectivity index (χ2v) is 7.25. The number of thioether (sulfide) groups is 2. The zero-order chi connectivity index (χ0) is 14.4. The maximum Gasteiger partial charge on any atom is 0.283 e. The first-order chi connectivity index (χ1) is 9.52. The molecule has 2 aliphatic rings. The van der Waals surface area contributed by atoms with Crippen LogP contribution in [-0.4, -0.2) is 21.8 Å². The lowest BCUT2D eigenvalue weighted by atomic mass is 10.3. The number of fused-ring (bicyclic) bond motifs is 1. The maximum atomic E-state index is 12.2. The van der Waals surface area contributed by atoms with Gasteiger partial charge in [0.1, 0.15) is 9.93 Å². The molecule has 0 spiro atoms. The number of halogens is 1. The van der Waals surface area contributed by atoms with Crippen molar-refractivity contribution in [3.8, 4) is 0 Å². The molecule has 4 nitrogen and oxygen atoms in total. The first kappa shape index (κ1) is 14.2. The summed E-state index contributed by atoms with van der Waals surface area (Å²) in [5.74, 6) is 5.38. The monoisotopic (exact) mass is 343 g/mol. The van der Waals surface area contributed by atoms with E-state index < -0.39 is 0 Å². The van der Waals surface area contributed by atoms with Crippen molar-refractivity contribution < 1.29 is 4.79 Å². The lowest BCUT2D eigenvalue weighted by molar-refractivity contribution is -0.122. The molecule has 2 heterocycles. The van der Waals surface area contributed by atoms with Crippen LogP contribution in [0, 0.1) is 0 Å². The van der Waals surface area contributed by atoms with Gasteiger partial charge in [-0.05, 0) is 25.1 Å². The average Bonchev–Trinajstić information content (AvgIpc) is 2.90. The second-order valence-electron chi connectivity index (χ2n) is 4.14. The largest absolute Gasteiger partial charge is 0.334 e. The van der Waals surface area contributed by atoms with Crippen LogP contribution in [0.5, 0.6) is 0 Å². The normalized spacial score (nSPS) is 21.9. The van der Waals surface area contributed by atoms with Gasteiger partial charge in [0.2, 0.25) is 0 Å². The van der Waals surface area contributed by atoms with Gasteiger partial charge in [-0.2, -0.15) is 0 Å². The van der Waals surface area contributed by atoms with Crippen molar-refractivity contribution in [1.82, 2.24) is 5.01 Å². The van der Waals surface area contributed by atoms with Gasteiger partial charge in [-0.25, -0.2) is 10.9 Å². The molecular weight excluding hydrogens is 334 g/mol. The standard InChI is InChI=1S/C12H10ClN3OS3/c1-2-15-7-5-6(13)3-4-8(7)19-11(15)9-10(17)16(14)12(18)20-9/h3-5H,2,14H2,1H3. The van der Waals surface area contributed by atoms with Crippen LogP contribution in [0.1, 0.15) is 6.92 Å². The first-order valence-corrected chi connectivity index (χ1v) is 8.25. The minimum absolute atomic E-state index is 0.250. The third kappa shape index (κ3) is 2.14. The Kier molecular flexibility index (Phi) is 3.72. The van der Waals surface area contributed by atoms with E-state index in [9.17, 15) is 4.79 Å². The van der Waals surface area contributed by atoms with E-state index in [-0.39, 0.29) is 5.91 Å². The highest BCUT2D eigenvalue weighted by molar-refractivity contribution is 8.27. The Hall–Kier alpha value is -0.730. The number of thiocarbonyl (C=S) groups is 1. The van der Waals surface area contributed by atoms with Crippen molar-refractivity contribution in [2.45, 2.75) is 11.8 Å². The first-order valence-electron chi connectivity index (χ1n) is 5.83. The fourth-order valence-electron chi connectivity index (χ4n) is 2.05. The summed E-state index contributed by atoms with van der Waals surface area (Å²) >= 11 is 13.9. The van der Waals surface area contributed by atoms with E-state index in [2.05, 4.69) is 4.90 Å². The lowest BCUT2D eigenvalue weighted by Crippen LogP contribution is -2.35. The molecule has 104 valence electrons. The SMILES string of the molecule is CCN1C(=C2SC(=S)N(N)C2=O)Sc2ccc(Cl)cc21. The van der Waals surface area contributed by atoms with E-state index in [1.54, 1.807) is 11.8 Å². The molecule has 2 aliphatic heterocycles. The van der Waals surface area contributed by atoms with Gasteiger partial charge in [-0.1, -0.05) is 47.3 Å². The Bertz CT molecular complexity index is 661. The summed E-state index contributed by atoms with van der Waals surface area (Å²) in [5.41, 5.74) is 1.02. The minimum Gasteiger partial charge on any atom is -0.334 e. The van der Waals surface area contributed by atoms with Gasteiger partial charge in [0.15, 0.2) is 4.32 Å². The highest BCUT2D eigenvalue weighted by atomic mass is 35.5. The molecule has 0 aromatic heterocycles. The Balaban J connectivity index is 2.10. The molecule has 1 aromatic carbocycles. The van der Waals surface area contributed by atoms with Crippen molar-refractivity contribution in [3.05, 3.63) is 33.2 Å². The van der Waals surface area contributed by atoms with Crippen LogP contribution in [-0.2, 0) is 4.79 Å². The number of anilines is 1. The maximum absolute atomic E-state index is 12.2. The topological polar surface area (TPSA) is 49.6 Å². The van der Waals surface area contributed by atoms with E-state index in [4.69, 9.17) is 29.7 Å². The number of amides is 1. The number of carbonyl (C=O) groups excluding carboxylic acids is 1. The van der Waals surface area contributed by atoms with Gasteiger partial charge in [0.25, 0.3) is 5.91 Å². The smallest absolute Gasteiger partial charge is 0.283 e. The molecule has 1 aromatic rings. The van der Waals surface area contributed by atoms with Gasteiger partial charge in [0.05, 0.1) is 5.69 Å². The molecule has 8 heteroatoms. The molecule has 1 saturated heterocycles. The average molecular weight is 344 g/mol. The van der Waals surface area contributed by atoms with Crippen LogP contribution in [0.25, 0.3) is 0 Å². The van der Waals surface area contributed by atoms with Crippen LogP contribution in [0.15, 0.2) is 33.0 Å². The zero-order valence-corrected chi connectivity index (χ0v) is 13.6. The lowest BCUT2D eigenvalue weighted by Gasteiger charge is -2.19. The van der Waals surface area contributed by atoms with Gasteiger partial charge in [0, 0.05) is 16.5 Å². The van der Waals surface area contributed by atoms with Gasteiger partial charge in [-0.3, -0.25) is 4.79 Å². The minimum atomic E-state index is -0.250. The van der Waals surface area contributed by atoms with Crippen LogP contribution in [0.2, 0.25) is 5.02 Å². The number of hydrogen-bond donors (Lipinski definition) is 1. The molecule has 0 radical (unpaired) electrons. The van der Waals surface area contributed by atoms with Crippen LogP contribution < -0.4 is 10.7 Å². The van der Waals surface area contributed by atoms with Crippen LogP contribution in [0.3, 0.4) is 0 Å².